The first kappa shape index (κ1) is 22.3. The molecule has 0 bridgehead atoms. The van der Waals surface area contributed by atoms with Crippen molar-refractivity contribution >= 4 is 11.7 Å². The summed E-state index contributed by atoms with van der Waals surface area (Å²) in [5.41, 5.74) is -2.17. The van der Waals surface area contributed by atoms with Crippen molar-refractivity contribution in [1.29, 1.82) is 0 Å². The van der Waals surface area contributed by atoms with Gasteiger partial charge in [0.25, 0.3) is 12.3 Å². The van der Waals surface area contributed by atoms with Crippen LogP contribution in [0.2, 0.25) is 0 Å². The van der Waals surface area contributed by atoms with Crippen LogP contribution in [-0.4, -0.2) is 25.5 Å². The van der Waals surface area contributed by atoms with Crippen molar-refractivity contribution in [2.45, 2.75) is 25.8 Å². The van der Waals surface area contributed by atoms with E-state index in [9.17, 15) is 31.1 Å². The molecular formula is C19H14F6N4O2. The largest absolute Gasteiger partial charge is 0.419 e. The molecule has 0 atom stereocenters. The molecule has 1 aromatic carbocycles. The van der Waals surface area contributed by atoms with Gasteiger partial charge >= 0.3 is 6.18 Å². The molecule has 3 rings (SSSR count). The minimum Gasteiger partial charge on any atom is -0.390 e. The van der Waals surface area contributed by atoms with Gasteiger partial charge in [-0.15, -0.1) is 0 Å². The van der Waals surface area contributed by atoms with Gasteiger partial charge < -0.3 is 15.0 Å². The van der Waals surface area contributed by atoms with E-state index in [1.54, 1.807) is 0 Å². The van der Waals surface area contributed by atoms with E-state index in [0.29, 0.717) is 6.07 Å². The quantitative estimate of drug-likeness (QED) is 0.560. The lowest BCUT2D eigenvalue weighted by atomic mass is 10.1. The maximum Gasteiger partial charge on any atom is 0.419 e. The molecule has 0 saturated heterocycles. The summed E-state index contributed by atoms with van der Waals surface area (Å²) < 4.78 is 79.0. The summed E-state index contributed by atoms with van der Waals surface area (Å²) in [6.45, 7) is -0.739. The number of aliphatic hydroxyl groups excluding tert-OH is 1. The SMILES string of the molecule is O=C(Nc1cn(Cc2ccc(C(F)(F)F)c(F)c2)cn1)c1cnc(CO)c(C(F)F)c1. The van der Waals surface area contributed by atoms with Crippen LogP contribution in [0.25, 0.3) is 0 Å². The molecule has 164 valence electrons. The van der Waals surface area contributed by atoms with Crippen LogP contribution in [0, 0.1) is 5.82 Å². The highest BCUT2D eigenvalue weighted by atomic mass is 19.4. The lowest BCUT2D eigenvalue weighted by Crippen LogP contribution is -2.14. The second-order valence-corrected chi connectivity index (χ2v) is 6.42. The minimum atomic E-state index is -4.80. The molecule has 2 N–H and O–H groups in total. The van der Waals surface area contributed by atoms with Crippen molar-refractivity contribution in [2.75, 3.05) is 5.32 Å². The number of hydrogen-bond acceptors (Lipinski definition) is 4. The molecule has 31 heavy (non-hydrogen) atoms. The Morgan fingerprint density at radius 1 is 1.19 bits per heavy atom. The number of aromatic nitrogens is 3. The van der Waals surface area contributed by atoms with Gasteiger partial charge in [-0.05, 0) is 23.8 Å². The number of hydrogen-bond donors (Lipinski definition) is 2. The maximum absolute atomic E-state index is 13.7. The molecule has 0 saturated carbocycles. The number of carbonyl (C=O) groups excluding carboxylic acids is 1. The van der Waals surface area contributed by atoms with E-state index in [0.717, 1.165) is 24.4 Å². The lowest BCUT2D eigenvalue weighted by molar-refractivity contribution is -0.140. The van der Waals surface area contributed by atoms with Crippen LogP contribution < -0.4 is 5.32 Å². The highest BCUT2D eigenvalue weighted by Gasteiger charge is 2.33. The van der Waals surface area contributed by atoms with Crippen LogP contribution in [0.3, 0.4) is 0 Å². The van der Waals surface area contributed by atoms with Crippen molar-refractivity contribution in [2.24, 2.45) is 0 Å². The van der Waals surface area contributed by atoms with Gasteiger partial charge in [0.05, 0.1) is 29.8 Å². The smallest absolute Gasteiger partial charge is 0.390 e. The lowest BCUT2D eigenvalue weighted by Gasteiger charge is -2.09. The number of halogens is 6. The van der Waals surface area contributed by atoms with Gasteiger partial charge in [0, 0.05) is 24.5 Å². The van der Waals surface area contributed by atoms with Gasteiger partial charge in [0.15, 0.2) is 5.82 Å². The fraction of sp³-hybridized carbons (Fsp3) is 0.211. The maximum atomic E-state index is 13.7. The Labute approximate surface area is 171 Å². The van der Waals surface area contributed by atoms with Gasteiger partial charge in [-0.1, -0.05) is 6.07 Å². The zero-order valence-corrected chi connectivity index (χ0v) is 15.5. The second-order valence-electron chi connectivity index (χ2n) is 6.42. The van der Waals surface area contributed by atoms with Gasteiger partial charge in [0.1, 0.15) is 5.82 Å². The number of benzene rings is 1. The third-order valence-electron chi connectivity index (χ3n) is 4.23. The molecule has 0 fully saturated rings. The van der Waals surface area contributed by atoms with E-state index < -0.39 is 42.1 Å². The molecule has 3 aromatic rings. The number of aliphatic hydroxyl groups is 1. The van der Waals surface area contributed by atoms with Crippen molar-refractivity contribution in [3.05, 3.63) is 76.8 Å². The zero-order valence-electron chi connectivity index (χ0n) is 15.5. The standard InChI is InChI=1S/C19H14F6N4O2/c20-14-3-10(1-2-13(14)19(23,24)25)6-29-7-16(27-9-29)28-18(31)11-4-12(17(21)22)15(8-30)26-5-11/h1-5,7,9,17,30H,6,8H2,(H,28,31). The van der Waals surface area contributed by atoms with Crippen LogP contribution in [0.1, 0.15) is 39.2 Å². The minimum absolute atomic E-state index is 0.0276. The summed E-state index contributed by atoms with van der Waals surface area (Å²) in [5.74, 6) is -2.17. The Balaban J connectivity index is 1.71. The number of rotatable bonds is 6. The summed E-state index contributed by atoms with van der Waals surface area (Å²) >= 11 is 0. The van der Waals surface area contributed by atoms with Crippen molar-refractivity contribution in [1.82, 2.24) is 14.5 Å². The molecule has 12 heteroatoms. The highest BCUT2D eigenvalue weighted by molar-refractivity contribution is 6.03. The first-order valence-corrected chi connectivity index (χ1v) is 8.65. The molecule has 1 amide bonds. The molecule has 0 spiro atoms. The molecule has 0 radical (unpaired) electrons. The Morgan fingerprint density at radius 2 is 1.94 bits per heavy atom. The monoisotopic (exact) mass is 444 g/mol. The first-order valence-electron chi connectivity index (χ1n) is 8.65. The average Bonchev–Trinajstić information content (AvgIpc) is 3.13. The summed E-state index contributed by atoms with van der Waals surface area (Å²) in [6.07, 6.45) is -4.14. The predicted molar refractivity (Wildman–Crippen MR) is 95.8 cm³/mol. The van der Waals surface area contributed by atoms with Crippen molar-refractivity contribution in [3.8, 4) is 0 Å². The zero-order chi connectivity index (χ0) is 22.8. The number of nitrogens with one attached hydrogen (secondary N) is 1. The average molecular weight is 444 g/mol. The third-order valence-corrected chi connectivity index (χ3v) is 4.23. The normalized spacial score (nSPS) is 11.7. The number of anilines is 1. The van der Waals surface area contributed by atoms with Crippen LogP contribution in [0.15, 0.2) is 43.0 Å². The summed E-state index contributed by atoms with van der Waals surface area (Å²) in [7, 11) is 0. The molecular weight excluding hydrogens is 430 g/mol. The summed E-state index contributed by atoms with van der Waals surface area (Å²) in [6, 6.07) is 3.40. The third kappa shape index (κ3) is 5.20. The van der Waals surface area contributed by atoms with E-state index in [-0.39, 0.29) is 29.2 Å². The fourth-order valence-electron chi connectivity index (χ4n) is 2.75. The summed E-state index contributed by atoms with van der Waals surface area (Å²) in [4.78, 5) is 19.8. The van der Waals surface area contributed by atoms with Crippen LogP contribution in [0.5, 0.6) is 0 Å². The van der Waals surface area contributed by atoms with Crippen LogP contribution in [0.4, 0.5) is 32.2 Å². The molecule has 0 aliphatic carbocycles. The van der Waals surface area contributed by atoms with Gasteiger partial charge in [-0.25, -0.2) is 18.2 Å². The topological polar surface area (TPSA) is 80.0 Å². The molecule has 2 heterocycles. The number of carbonyl (C=O) groups is 1. The number of nitrogens with zero attached hydrogens (tertiary/aromatic N) is 3. The first-order chi connectivity index (χ1) is 14.6. The molecule has 0 aliphatic heterocycles. The molecule has 2 aromatic heterocycles. The predicted octanol–water partition coefficient (Wildman–Crippen LogP) is 4.17. The highest BCUT2D eigenvalue weighted by Crippen LogP contribution is 2.31. The second kappa shape index (κ2) is 8.76. The van der Waals surface area contributed by atoms with Gasteiger partial charge in [-0.2, -0.15) is 13.2 Å². The molecule has 0 aliphatic rings. The molecule has 6 nitrogen and oxygen atoms in total. The van der Waals surface area contributed by atoms with Crippen molar-refractivity contribution in [3.63, 3.8) is 0 Å². The number of alkyl halides is 5. The van der Waals surface area contributed by atoms with E-state index in [4.69, 9.17) is 5.11 Å². The van der Waals surface area contributed by atoms with Gasteiger partial charge in [-0.3, -0.25) is 9.78 Å². The van der Waals surface area contributed by atoms with E-state index in [1.165, 1.54) is 17.1 Å². The number of pyridine rings is 1. The Bertz CT molecular complexity index is 1100. The van der Waals surface area contributed by atoms with Gasteiger partial charge in [0.2, 0.25) is 0 Å². The summed E-state index contributed by atoms with van der Waals surface area (Å²) in [5, 5.41) is 11.4. The number of imidazole rings is 1. The number of amides is 1. The Morgan fingerprint density at radius 3 is 2.55 bits per heavy atom. The van der Waals surface area contributed by atoms with Crippen LogP contribution in [-0.2, 0) is 19.3 Å². The molecule has 0 unspecified atom stereocenters. The Kier molecular flexibility index (Phi) is 6.29. The van der Waals surface area contributed by atoms with Crippen molar-refractivity contribution < 1.29 is 36.2 Å². The van der Waals surface area contributed by atoms with Crippen LogP contribution >= 0.6 is 0 Å². The van der Waals surface area contributed by atoms with E-state index in [1.807, 2.05) is 0 Å². The fourth-order valence-corrected chi connectivity index (χ4v) is 2.75. The van der Waals surface area contributed by atoms with E-state index in [2.05, 4.69) is 15.3 Å². The van der Waals surface area contributed by atoms with E-state index >= 15 is 0 Å². The Hall–Kier alpha value is -3.41.